The Morgan fingerprint density at radius 3 is 2.25 bits per heavy atom. The summed E-state index contributed by atoms with van der Waals surface area (Å²) in [6, 6.07) is 17.9. The molecule has 192 valence electrons. The maximum atomic E-state index is 12.6. The van der Waals surface area contributed by atoms with Crippen LogP contribution in [0, 0.1) is 11.3 Å². The molecule has 2 amide bonds. The van der Waals surface area contributed by atoms with E-state index in [4.69, 9.17) is 16.9 Å². The molecule has 36 heavy (non-hydrogen) atoms. The van der Waals surface area contributed by atoms with Gasteiger partial charge >= 0.3 is 0 Å². The summed E-state index contributed by atoms with van der Waals surface area (Å²) < 4.78 is 0. The largest absolute Gasteiger partial charge is 0.384 e. The van der Waals surface area contributed by atoms with Gasteiger partial charge in [0.15, 0.2) is 0 Å². The molecule has 0 unspecified atom stereocenters. The molecule has 0 aliphatic heterocycles. The minimum absolute atomic E-state index is 0.0776. The van der Waals surface area contributed by atoms with Gasteiger partial charge in [0.05, 0.1) is 6.54 Å². The zero-order chi connectivity index (χ0) is 25.5. The summed E-state index contributed by atoms with van der Waals surface area (Å²) in [4.78, 5) is 25.1. The van der Waals surface area contributed by atoms with Gasteiger partial charge < -0.3 is 22.1 Å². The minimum atomic E-state index is -0.354. The number of carbonyl (C=O) groups excluding carboxylic acids is 2. The Morgan fingerprint density at radius 2 is 1.58 bits per heavy atom. The molecule has 0 aromatic heterocycles. The summed E-state index contributed by atoms with van der Waals surface area (Å²) in [5, 5.41) is 13.3. The van der Waals surface area contributed by atoms with E-state index in [-0.39, 0.29) is 35.7 Å². The average Bonchev–Trinajstić information content (AvgIpc) is 2.90. The van der Waals surface area contributed by atoms with Gasteiger partial charge in [-0.25, -0.2) is 0 Å². The molecule has 0 bridgehead atoms. The first-order chi connectivity index (χ1) is 17.3. The Labute approximate surface area is 213 Å². The molecule has 0 radical (unpaired) electrons. The number of hydrogen-bond acceptors (Lipinski definition) is 4. The van der Waals surface area contributed by atoms with Crippen molar-refractivity contribution in [2.75, 3.05) is 6.54 Å². The zero-order valence-electron chi connectivity index (χ0n) is 21.0. The first-order valence-corrected chi connectivity index (χ1v) is 13.2. The molecule has 2 saturated carbocycles. The van der Waals surface area contributed by atoms with E-state index < -0.39 is 0 Å². The second kappa shape index (κ2) is 11.7. The van der Waals surface area contributed by atoms with Gasteiger partial charge in [0.2, 0.25) is 5.91 Å². The first kappa shape index (κ1) is 25.9. The van der Waals surface area contributed by atoms with Crippen molar-refractivity contribution in [2.45, 2.75) is 75.3 Å². The second-order valence-electron chi connectivity index (χ2n) is 10.7. The molecule has 0 saturated heterocycles. The lowest BCUT2D eigenvalue weighted by molar-refractivity contribution is -0.121. The summed E-state index contributed by atoms with van der Waals surface area (Å²) >= 11 is 0. The van der Waals surface area contributed by atoms with Gasteiger partial charge in [-0.15, -0.1) is 0 Å². The van der Waals surface area contributed by atoms with Crippen LogP contribution in [-0.4, -0.2) is 36.3 Å². The maximum absolute atomic E-state index is 12.6. The molecule has 2 aliphatic carbocycles. The molecular weight excluding hydrogens is 450 g/mol. The predicted octanol–water partition coefficient (Wildman–Crippen LogP) is 3.60. The highest BCUT2D eigenvalue weighted by molar-refractivity contribution is 6.00. The van der Waals surface area contributed by atoms with Crippen LogP contribution in [0.25, 0.3) is 0 Å². The Balaban J connectivity index is 1.30. The number of amidine groups is 1. The van der Waals surface area contributed by atoms with Crippen molar-refractivity contribution in [1.82, 2.24) is 10.6 Å². The van der Waals surface area contributed by atoms with Gasteiger partial charge in [-0.1, -0.05) is 42.5 Å². The predicted molar refractivity (Wildman–Crippen MR) is 143 cm³/mol. The number of carbonyl (C=O) groups is 2. The molecule has 7 heteroatoms. The molecule has 2 aliphatic rings. The van der Waals surface area contributed by atoms with Crippen LogP contribution in [0.3, 0.4) is 0 Å². The van der Waals surface area contributed by atoms with Gasteiger partial charge in [0, 0.05) is 23.2 Å². The lowest BCUT2D eigenvalue weighted by Crippen LogP contribution is -2.46. The first-order valence-electron chi connectivity index (χ1n) is 13.2. The Morgan fingerprint density at radius 1 is 0.917 bits per heavy atom. The van der Waals surface area contributed by atoms with Crippen molar-refractivity contribution >= 4 is 17.6 Å². The van der Waals surface area contributed by atoms with Crippen LogP contribution in [0.2, 0.25) is 0 Å². The second-order valence-corrected chi connectivity index (χ2v) is 10.7. The van der Waals surface area contributed by atoms with Gasteiger partial charge in [-0.3, -0.25) is 15.0 Å². The molecule has 2 aromatic rings. The molecule has 0 atom stereocenters. The monoisotopic (exact) mass is 489 g/mol. The van der Waals surface area contributed by atoms with Crippen LogP contribution in [0.5, 0.6) is 0 Å². The molecule has 2 fully saturated rings. The highest BCUT2D eigenvalue weighted by Gasteiger charge is 2.39. The van der Waals surface area contributed by atoms with E-state index >= 15 is 0 Å². The van der Waals surface area contributed by atoms with Crippen molar-refractivity contribution < 1.29 is 9.59 Å². The quantitative estimate of drug-likeness (QED) is 0.286. The molecule has 7 N–H and O–H groups in total. The van der Waals surface area contributed by atoms with Crippen LogP contribution >= 0.6 is 0 Å². The number of hydrogen-bond donors (Lipinski definition) is 5. The topological polar surface area (TPSA) is 134 Å². The lowest BCUT2D eigenvalue weighted by Gasteiger charge is -2.44. The van der Waals surface area contributed by atoms with Gasteiger partial charge in [-0.2, -0.15) is 0 Å². The van der Waals surface area contributed by atoms with Crippen molar-refractivity contribution in [3.63, 3.8) is 0 Å². The van der Waals surface area contributed by atoms with Crippen LogP contribution in [-0.2, 0) is 10.2 Å². The van der Waals surface area contributed by atoms with Crippen molar-refractivity contribution in [2.24, 2.45) is 17.4 Å². The number of amides is 2. The highest BCUT2D eigenvalue weighted by atomic mass is 16.2. The fourth-order valence-corrected chi connectivity index (χ4v) is 6.03. The van der Waals surface area contributed by atoms with Crippen molar-refractivity contribution in [1.29, 1.82) is 5.41 Å². The van der Waals surface area contributed by atoms with Crippen LogP contribution in [0.4, 0.5) is 0 Å². The molecule has 2 aromatic carbocycles. The standard InChI is InChI=1S/C29H39N5O2/c30-24-11-9-20(10-12-24)18-29(23-7-2-1-3-8-23)15-13-25(14-16-29)34-26(35)19-33-28(36)22-6-4-5-21(17-22)27(31)32/h1-8,17,20,24-25H,9-16,18-19,30H2,(H3,31,32)(H,33,36)(H,34,35). The summed E-state index contributed by atoms with van der Waals surface area (Å²) in [6.45, 7) is -0.0776. The Hall–Kier alpha value is -3.19. The molecule has 0 spiro atoms. The minimum Gasteiger partial charge on any atom is -0.384 e. The third kappa shape index (κ3) is 6.52. The Bertz CT molecular complexity index is 1050. The van der Waals surface area contributed by atoms with Crippen LogP contribution in [0.15, 0.2) is 54.6 Å². The number of benzene rings is 2. The Kier molecular flexibility index (Phi) is 8.41. The number of nitrogens with two attached hydrogens (primary N) is 2. The van der Waals surface area contributed by atoms with E-state index in [1.807, 2.05) is 0 Å². The summed E-state index contributed by atoms with van der Waals surface area (Å²) in [5.74, 6) is 0.0861. The molecule has 7 nitrogen and oxygen atoms in total. The smallest absolute Gasteiger partial charge is 0.251 e. The van der Waals surface area contributed by atoms with E-state index in [9.17, 15) is 9.59 Å². The van der Waals surface area contributed by atoms with E-state index in [1.165, 1.54) is 24.8 Å². The van der Waals surface area contributed by atoms with E-state index in [0.29, 0.717) is 23.1 Å². The van der Waals surface area contributed by atoms with E-state index in [0.717, 1.165) is 38.5 Å². The van der Waals surface area contributed by atoms with E-state index in [1.54, 1.807) is 24.3 Å². The maximum Gasteiger partial charge on any atom is 0.251 e. The summed E-state index contributed by atoms with van der Waals surface area (Å²) in [6.07, 6.45) is 9.83. The van der Waals surface area contributed by atoms with Crippen LogP contribution in [0.1, 0.15) is 79.3 Å². The van der Waals surface area contributed by atoms with E-state index in [2.05, 4.69) is 41.0 Å². The third-order valence-corrected chi connectivity index (χ3v) is 8.11. The lowest BCUT2D eigenvalue weighted by atomic mass is 9.62. The third-order valence-electron chi connectivity index (χ3n) is 8.11. The number of nitrogens with one attached hydrogen (secondary N) is 3. The fourth-order valence-electron chi connectivity index (χ4n) is 6.03. The fraction of sp³-hybridized carbons (Fsp3) is 0.483. The van der Waals surface area contributed by atoms with Gasteiger partial charge in [0.1, 0.15) is 5.84 Å². The normalized spacial score (nSPS) is 26.1. The molecular formula is C29H39N5O2. The average molecular weight is 490 g/mol. The SMILES string of the molecule is N=C(N)c1cccc(C(=O)NCC(=O)NC2CCC(CC3CCC(N)CC3)(c3ccccc3)CC2)c1. The molecule has 4 rings (SSSR count). The van der Waals surface area contributed by atoms with Gasteiger partial charge in [0.25, 0.3) is 5.91 Å². The zero-order valence-corrected chi connectivity index (χ0v) is 21.0. The van der Waals surface area contributed by atoms with Crippen LogP contribution < -0.4 is 22.1 Å². The summed E-state index contributed by atoms with van der Waals surface area (Å²) in [7, 11) is 0. The summed E-state index contributed by atoms with van der Waals surface area (Å²) in [5.41, 5.74) is 14.1. The van der Waals surface area contributed by atoms with Gasteiger partial charge in [-0.05, 0) is 86.8 Å². The number of nitrogen functional groups attached to an aromatic ring is 1. The highest BCUT2D eigenvalue weighted by Crippen LogP contribution is 2.46. The molecule has 0 heterocycles. The van der Waals surface area contributed by atoms with Crippen molar-refractivity contribution in [3.8, 4) is 0 Å². The number of rotatable bonds is 8. The van der Waals surface area contributed by atoms with Crippen molar-refractivity contribution in [3.05, 3.63) is 71.3 Å².